The number of anilines is 1. The van der Waals surface area contributed by atoms with Crippen LogP contribution in [0.1, 0.15) is 36.2 Å². The lowest BCUT2D eigenvalue weighted by atomic mass is 10.1. The Labute approximate surface area is 178 Å². The molecule has 0 radical (unpaired) electrons. The number of hydrogen-bond acceptors (Lipinski definition) is 3. The van der Waals surface area contributed by atoms with E-state index in [1.54, 1.807) is 6.07 Å². The third-order valence-corrected chi connectivity index (χ3v) is 4.70. The molecule has 0 heterocycles. The van der Waals surface area contributed by atoms with Crippen molar-refractivity contribution in [3.8, 4) is 11.5 Å². The maximum Gasteiger partial charge on any atom is 0.259 e. The second-order valence-corrected chi connectivity index (χ2v) is 7.59. The van der Waals surface area contributed by atoms with Crippen LogP contribution < -0.4 is 14.8 Å². The molecule has 30 heavy (non-hydrogen) atoms. The molecule has 3 rings (SSSR count). The third-order valence-electron chi connectivity index (χ3n) is 4.70. The number of rotatable bonds is 10. The first kappa shape index (κ1) is 21.4. The van der Waals surface area contributed by atoms with Crippen molar-refractivity contribution in [3.05, 3.63) is 90.0 Å². The molecule has 0 aromatic heterocycles. The second kappa shape index (κ2) is 11.1. The topological polar surface area (TPSA) is 47.6 Å². The van der Waals surface area contributed by atoms with Gasteiger partial charge in [-0.2, -0.15) is 0 Å². The molecule has 1 N–H and O–H groups in total. The van der Waals surface area contributed by atoms with Crippen LogP contribution in [-0.4, -0.2) is 19.1 Å². The van der Waals surface area contributed by atoms with Crippen LogP contribution in [0.25, 0.3) is 0 Å². The van der Waals surface area contributed by atoms with Gasteiger partial charge in [-0.25, -0.2) is 0 Å². The molecule has 0 aliphatic rings. The van der Waals surface area contributed by atoms with Gasteiger partial charge in [-0.05, 0) is 54.3 Å². The number of para-hydroxylation sites is 1. The summed E-state index contributed by atoms with van der Waals surface area (Å²) in [5.41, 5.74) is 2.49. The zero-order valence-corrected chi connectivity index (χ0v) is 17.6. The zero-order valence-electron chi connectivity index (χ0n) is 17.6. The SMILES string of the molecule is CC(C)CCOc1ccccc1C(=O)Nc1ccc(OCCc2ccccc2)cc1. The van der Waals surface area contributed by atoms with Gasteiger partial charge >= 0.3 is 0 Å². The Morgan fingerprint density at radius 3 is 2.27 bits per heavy atom. The van der Waals surface area contributed by atoms with Crippen LogP contribution in [0.3, 0.4) is 0 Å². The van der Waals surface area contributed by atoms with Crippen LogP contribution in [0.5, 0.6) is 11.5 Å². The van der Waals surface area contributed by atoms with Gasteiger partial charge in [0.25, 0.3) is 5.91 Å². The van der Waals surface area contributed by atoms with E-state index in [-0.39, 0.29) is 5.91 Å². The smallest absolute Gasteiger partial charge is 0.259 e. The molecular weight excluding hydrogens is 374 g/mol. The van der Waals surface area contributed by atoms with Crippen LogP contribution >= 0.6 is 0 Å². The highest BCUT2D eigenvalue weighted by molar-refractivity contribution is 6.06. The summed E-state index contributed by atoms with van der Waals surface area (Å²) in [6.07, 6.45) is 1.80. The van der Waals surface area contributed by atoms with Crippen molar-refractivity contribution in [1.29, 1.82) is 0 Å². The van der Waals surface area contributed by atoms with Crippen molar-refractivity contribution >= 4 is 11.6 Å². The van der Waals surface area contributed by atoms with Crippen LogP contribution in [0.4, 0.5) is 5.69 Å². The number of hydrogen-bond donors (Lipinski definition) is 1. The van der Waals surface area contributed by atoms with Crippen LogP contribution in [0.15, 0.2) is 78.9 Å². The number of carbonyl (C=O) groups excluding carboxylic acids is 1. The van der Waals surface area contributed by atoms with Gasteiger partial charge in [0, 0.05) is 12.1 Å². The standard InChI is InChI=1S/C26H29NO3/c1-20(2)16-18-30-25-11-7-6-10-24(25)26(28)27-22-12-14-23(15-13-22)29-19-17-21-8-4-3-5-9-21/h3-15,20H,16-19H2,1-2H3,(H,27,28). The Morgan fingerprint density at radius 1 is 0.833 bits per heavy atom. The summed E-state index contributed by atoms with van der Waals surface area (Å²) in [6.45, 7) is 5.50. The summed E-state index contributed by atoms with van der Waals surface area (Å²) in [5.74, 6) is 1.75. The number of amides is 1. The lowest BCUT2D eigenvalue weighted by molar-refractivity contribution is 0.102. The molecule has 3 aromatic carbocycles. The van der Waals surface area contributed by atoms with E-state index in [0.717, 1.165) is 18.6 Å². The molecule has 4 nitrogen and oxygen atoms in total. The fourth-order valence-corrected chi connectivity index (χ4v) is 2.95. The summed E-state index contributed by atoms with van der Waals surface area (Å²) >= 11 is 0. The van der Waals surface area contributed by atoms with Crippen LogP contribution in [0, 0.1) is 5.92 Å². The van der Waals surface area contributed by atoms with E-state index in [1.807, 2.05) is 60.7 Å². The first-order chi connectivity index (χ1) is 14.6. The molecule has 4 heteroatoms. The van der Waals surface area contributed by atoms with E-state index >= 15 is 0 Å². The van der Waals surface area contributed by atoms with Crippen molar-refractivity contribution in [2.75, 3.05) is 18.5 Å². The van der Waals surface area contributed by atoms with Gasteiger partial charge in [-0.15, -0.1) is 0 Å². The van der Waals surface area contributed by atoms with Crippen LogP contribution in [0.2, 0.25) is 0 Å². The predicted octanol–water partition coefficient (Wildman–Crippen LogP) is 5.99. The van der Waals surface area contributed by atoms with E-state index in [1.165, 1.54) is 5.56 Å². The normalized spacial score (nSPS) is 10.6. The van der Waals surface area contributed by atoms with E-state index in [2.05, 4.69) is 31.3 Å². The van der Waals surface area contributed by atoms with Gasteiger partial charge < -0.3 is 14.8 Å². The number of carbonyl (C=O) groups is 1. The maximum absolute atomic E-state index is 12.7. The van der Waals surface area contributed by atoms with Crippen molar-refractivity contribution in [2.45, 2.75) is 26.7 Å². The summed E-state index contributed by atoms with van der Waals surface area (Å²) < 4.78 is 11.6. The first-order valence-electron chi connectivity index (χ1n) is 10.4. The average molecular weight is 404 g/mol. The highest BCUT2D eigenvalue weighted by Crippen LogP contribution is 2.22. The molecule has 0 bridgehead atoms. The predicted molar refractivity (Wildman–Crippen MR) is 121 cm³/mol. The zero-order chi connectivity index (χ0) is 21.2. The van der Waals surface area contributed by atoms with E-state index in [4.69, 9.17) is 9.47 Å². The molecule has 156 valence electrons. The Kier molecular flexibility index (Phi) is 7.90. The molecule has 0 atom stereocenters. The monoisotopic (exact) mass is 403 g/mol. The van der Waals surface area contributed by atoms with Gasteiger partial charge in [0.15, 0.2) is 0 Å². The van der Waals surface area contributed by atoms with Gasteiger partial charge in [0.1, 0.15) is 11.5 Å². The number of ether oxygens (including phenoxy) is 2. The largest absolute Gasteiger partial charge is 0.493 e. The summed E-state index contributed by atoms with van der Waals surface area (Å²) in [5, 5.41) is 2.93. The van der Waals surface area contributed by atoms with Gasteiger partial charge in [-0.1, -0.05) is 56.3 Å². The summed E-state index contributed by atoms with van der Waals surface area (Å²) in [6, 6.07) is 25.0. The molecule has 0 spiro atoms. The molecule has 0 aliphatic carbocycles. The Bertz CT molecular complexity index is 921. The third kappa shape index (κ3) is 6.66. The molecule has 0 saturated carbocycles. The molecule has 3 aromatic rings. The minimum atomic E-state index is -0.187. The van der Waals surface area contributed by atoms with Gasteiger partial charge in [-0.3, -0.25) is 4.79 Å². The van der Waals surface area contributed by atoms with E-state index < -0.39 is 0 Å². The molecule has 0 aliphatic heterocycles. The van der Waals surface area contributed by atoms with Crippen molar-refractivity contribution in [3.63, 3.8) is 0 Å². The maximum atomic E-state index is 12.7. The van der Waals surface area contributed by atoms with Gasteiger partial charge in [0.05, 0.1) is 18.8 Å². The lowest BCUT2D eigenvalue weighted by Gasteiger charge is -2.13. The van der Waals surface area contributed by atoms with Crippen LogP contribution in [-0.2, 0) is 6.42 Å². The fraction of sp³-hybridized carbons (Fsp3) is 0.269. The highest BCUT2D eigenvalue weighted by Gasteiger charge is 2.12. The second-order valence-electron chi connectivity index (χ2n) is 7.59. The average Bonchev–Trinajstić information content (AvgIpc) is 2.76. The quantitative estimate of drug-likeness (QED) is 0.453. The minimum absolute atomic E-state index is 0.187. The van der Waals surface area contributed by atoms with Crippen molar-refractivity contribution in [1.82, 2.24) is 0 Å². The minimum Gasteiger partial charge on any atom is -0.493 e. The highest BCUT2D eigenvalue weighted by atomic mass is 16.5. The molecule has 1 amide bonds. The Hall–Kier alpha value is -3.27. The molecule has 0 saturated heterocycles. The van der Waals surface area contributed by atoms with Crippen molar-refractivity contribution in [2.24, 2.45) is 5.92 Å². The Balaban J connectivity index is 1.53. The molecule has 0 fully saturated rings. The molecule has 0 unspecified atom stereocenters. The number of benzene rings is 3. The van der Waals surface area contributed by atoms with Gasteiger partial charge in [0.2, 0.25) is 0 Å². The summed E-state index contributed by atoms with van der Waals surface area (Å²) in [7, 11) is 0. The summed E-state index contributed by atoms with van der Waals surface area (Å²) in [4.78, 5) is 12.7. The van der Waals surface area contributed by atoms with E-state index in [0.29, 0.717) is 36.1 Å². The lowest BCUT2D eigenvalue weighted by Crippen LogP contribution is -2.14. The van der Waals surface area contributed by atoms with Crippen molar-refractivity contribution < 1.29 is 14.3 Å². The van der Waals surface area contributed by atoms with E-state index in [9.17, 15) is 4.79 Å². The first-order valence-corrected chi connectivity index (χ1v) is 10.4. The Morgan fingerprint density at radius 2 is 1.53 bits per heavy atom. The number of nitrogens with one attached hydrogen (secondary N) is 1. The fourth-order valence-electron chi connectivity index (χ4n) is 2.95. The molecular formula is C26H29NO3.